The van der Waals surface area contributed by atoms with Crippen LogP contribution in [-0.2, 0) is 12.3 Å². The van der Waals surface area contributed by atoms with Gasteiger partial charge in [0.25, 0.3) is 0 Å². The monoisotopic (exact) mass is 278 g/mol. The molecule has 0 fully saturated rings. The van der Waals surface area contributed by atoms with E-state index in [1.807, 2.05) is 36.2 Å². The fourth-order valence-electron chi connectivity index (χ4n) is 2.04. The zero-order valence-corrected chi connectivity index (χ0v) is 11.6. The lowest BCUT2D eigenvalue weighted by atomic mass is 10.1. The van der Waals surface area contributed by atoms with Crippen molar-refractivity contribution in [3.63, 3.8) is 0 Å². The number of likely N-dealkylation sites (N-methyl/N-ethyl adjacent to an activating group) is 1. The van der Waals surface area contributed by atoms with Crippen LogP contribution in [0.25, 0.3) is 0 Å². The molecule has 4 heteroatoms. The summed E-state index contributed by atoms with van der Waals surface area (Å²) < 4.78 is 13.9. The second-order valence-electron chi connectivity index (χ2n) is 4.37. The normalized spacial score (nSPS) is 10.5. The molecule has 1 aromatic carbocycles. The fraction of sp³-hybridized carbons (Fsp3) is 0.267. The van der Waals surface area contributed by atoms with Crippen LogP contribution in [0, 0.1) is 5.82 Å². The minimum Gasteiger partial charge on any atom is -0.372 e. The number of para-hydroxylation sites is 1. The van der Waals surface area contributed by atoms with Gasteiger partial charge in [-0.3, -0.25) is 4.98 Å². The van der Waals surface area contributed by atoms with E-state index in [1.165, 1.54) is 6.07 Å². The van der Waals surface area contributed by atoms with Crippen molar-refractivity contribution in [2.24, 2.45) is 0 Å². The van der Waals surface area contributed by atoms with E-state index in [1.54, 1.807) is 12.3 Å². The van der Waals surface area contributed by atoms with Crippen LogP contribution in [0.15, 0.2) is 42.6 Å². The third kappa shape index (κ3) is 3.44. The fourth-order valence-corrected chi connectivity index (χ4v) is 2.25. The largest absolute Gasteiger partial charge is 0.372 e. The Balaban J connectivity index is 2.10. The Labute approximate surface area is 117 Å². The SMILES string of the molecule is CN(CCc1ccccn1)c1c(F)cccc1CCl. The van der Waals surface area contributed by atoms with Crippen molar-refractivity contribution in [2.45, 2.75) is 12.3 Å². The van der Waals surface area contributed by atoms with E-state index in [0.717, 1.165) is 17.7 Å². The summed E-state index contributed by atoms with van der Waals surface area (Å²) in [7, 11) is 1.87. The molecular weight excluding hydrogens is 263 g/mol. The molecule has 1 heterocycles. The van der Waals surface area contributed by atoms with Gasteiger partial charge in [-0.15, -0.1) is 11.6 Å². The molecular formula is C15H16ClFN2. The first-order chi connectivity index (χ1) is 9.22. The minimum absolute atomic E-state index is 0.235. The van der Waals surface area contributed by atoms with Crippen molar-refractivity contribution >= 4 is 17.3 Å². The minimum atomic E-state index is -0.235. The van der Waals surface area contributed by atoms with E-state index < -0.39 is 0 Å². The molecule has 0 atom stereocenters. The Morgan fingerprint density at radius 3 is 2.74 bits per heavy atom. The zero-order chi connectivity index (χ0) is 13.7. The van der Waals surface area contributed by atoms with Crippen LogP contribution in [0.4, 0.5) is 10.1 Å². The molecule has 2 rings (SSSR count). The average molecular weight is 279 g/mol. The third-order valence-corrected chi connectivity index (χ3v) is 3.31. The Bertz CT molecular complexity index is 531. The molecule has 0 aliphatic rings. The van der Waals surface area contributed by atoms with Crippen molar-refractivity contribution < 1.29 is 4.39 Å². The molecule has 100 valence electrons. The van der Waals surface area contributed by atoms with Gasteiger partial charge in [-0.2, -0.15) is 0 Å². The molecule has 0 aliphatic heterocycles. The number of aromatic nitrogens is 1. The molecule has 0 bridgehead atoms. The standard InChI is InChI=1S/C15H16ClFN2/c1-19(10-8-13-6-2-3-9-18-13)15-12(11-16)5-4-7-14(15)17/h2-7,9H,8,10-11H2,1H3. The lowest BCUT2D eigenvalue weighted by molar-refractivity contribution is 0.620. The van der Waals surface area contributed by atoms with Gasteiger partial charge >= 0.3 is 0 Å². The zero-order valence-electron chi connectivity index (χ0n) is 10.8. The van der Waals surface area contributed by atoms with E-state index in [-0.39, 0.29) is 5.82 Å². The van der Waals surface area contributed by atoms with Crippen molar-refractivity contribution in [1.82, 2.24) is 4.98 Å². The topological polar surface area (TPSA) is 16.1 Å². The summed E-state index contributed by atoms with van der Waals surface area (Å²) in [5.41, 5.74) is 2.39. The van der Waals surface area contributed by atoms with E-state index in [4.69, 9.17) is 11.6 Å². The highest BCUT2D eigenvalue weighted by atomic mass is 35.5. The maximum Gasteiger partial charge on any atom is 0.146 e. The van der Waals surface area contributed by atoms with E-state index in [2.05, 4.69) is 4.98 Å². The lowest BCUT2D eigenvalue weighted by Gasteiger charge is -2.22. The summed E-state index contributed by atoms with van der Waals surface area (Å²) in [6.07, 6.45) is 2.54. The summed E-state index contributed by atoms with van der Waals surface area (Å²) in [6, 6.07) is 10.8. The Kier molecular flexibility index (Phi) is 4.74. The molecule has 19 heavy (non-hydrogen) atoms. The molecule has 0 unspecified atom stereocenters. The maximum atomic E-state index is 13.9. The van der Waals surface area contributed by atoms with Crippen LogP contribution in [-0.4, -0.2) is 18.6 Å². The first kappa shape index (κ1) is 13.8. The molecule has 0 radical (unpaired) electrons. The molecule has 2 nitrogen and oxygen atoms in total. The highest BCUT2D eigenvalue weighted by molar-refractivity contribution is 6.17. The smallest absolute Gasteiger partial charge is 0.146 e. The summed E-state index contributed by atoms with van der Waals surface area (Å²) in [5.74, 6) is 0.0720. The first-order valence-corrected chi connectivity index (χ1v) is 6.70. The number of rotatable bonds is 5. The van der Waals surface area contributed by atoms with E-state index >= 15 is 0 Å². The maximum absolute atomic E-state index is 13.9. The third-order valence-electron chi connectivity index (χ3n) is 3.03. The van der Waals surface area contributed by atoms with Gasteiger partial charge in [-0.1, -0.05) is 18.2 Å². The summed E-state index contributed by atoms with van der Waals surface area (Å²) in [4.78, 5) is 6.15. The van der Waals surface area contributed by atoms with Crippen LogP contribution in [0.3, 0.4) is 0 Å². The molecule has 0 saturated heterocycles. The van der Waals surface area contributed by atoms with E-state index in [0.29, 0.717) is 18.1 Å². The highest BCUT2D eigenvalue weighted by Crippen LogP contribution is 2.25. The van der Waals surface area contributed by atoms with Crippen molar-refractivity contribution in [2.75, 3.05) is 18.5 Å². The molecule has 0 aliphatic carbocycles. The van der Waals surface area contributed by atoms with Crippen molar-refractivity contribution in [1.29, 1.82) is 0 Å². The predicted molar refractivity (Wildman–Crippen MR) is 77.2 cm³/mol. The number of halogens is 2. The Morgan fingerprint density at radius 1 is 1.21 bits per heavy atom. The summed E-state index contributed by atoms with van der Waals surface area (Å²) in [5, 5.41) is 0. The van der Waals surface area contributed by atoms with Gasteiger partial charge in [-0.05, 0) is 23.8 Å². The van der Waals surface area contributed by atoms with Gasteiger partial charge in [0.2, 0.25) is 0 Å². The highest BCUT2D eigenvalue weighted by Gasteiger charge is 2.12. The number of nitrogens with zero attached hydrogens (tertiary/aromatic N) is 2. The molecule has 0 N–H and O–H groups in total. The number of hydrogen-bond acceptors (Lipinski definition) is 2. The first-order valence-electron chi connectivity index (χ1n) is 6.16. The summed E-state index contributed by atoms with van der Waals surface area (Å²) in [6.45, 7) is 0.696. The number of anilines is 1. The van der Waals surface area contributed by atoms with Crippen LogP contribution in [0.5, 0.6) is 0 Å². The van der Waals surface area contributed by atoms with E-state index in [9.17, 15) is 4.39 Å². The molecule has 0 spiro atoms. The second kappa shape index (κ2) is 6.53. The Hall–Kier alpha value is -1.61. The van der Waals surface area contributed by atoms with Crippen molar-refractivity contribution in [3.8, 4) is 0 Å². The Morgan fingerprint density at radius 2 is 2.05 bits per heavy atom. The quantitative estimate of drug-likeness (QED) is 0.777. The number of hydrogen-bond donors (Lipinski definition) is 0. The number of pyridine rings is 1. The number of benzene rings is 1. The van der Waals surface area contributed by atoms with Crippen LogP contribution in [0.1, 0.15) is 11.3 Å². The van der Waals surface area contributed by atoms with Crippen molar-refractivity contribution in [3.05, 3.63) is 59.7 Å². The summed E-state index contributed by atoms with van der Waals surface area (Å²) >= 11 is 5.86. The van der Waals surface area contributed by atoms with Crippen LogP contribution < -0.4 is 4.90 Å². The van der Waals surface area contributed by atoms with Gasteiger partial charge in [0.1, 0.15) is 5.82 Å². The molecule has 0 saturated carbocycles. The van der Waals surface area contributed by atoms with Gasteiger partial charge in [0.05, 0.1) is 5.69 Å². The van der Waals surface area contributed by atoms with Gasteiger partial charge in [0, 0.05) is 37.8 Å². The van der Waals surface area contributed by atoms with Crippen LogP contribution in [0.2, 0.25) is 0 Å². The predicted octanol–water partition coefficient (Wildman–Crippen LogP) is 3.64. The number of alkyl halides is 1. The van der Waals surface area contributed by atoms with Gasteiger partial charge < -0.3 is 4.90 Å². The molecule has 1 aromatic heterocycles. The lowest BCUT2D eigenvalue weighted by Crippen LogP contribution is -2.23. The van der Waals surface area contributed by atoms with Gasteiger partial charge in [0.15, 0.2) is 0 Å². The van der Waals surface area contributed by atoms with Gasteiger partial charge in [-0.25, -0.2) is 4.39 Å². The average Bonchev–Trinajstić information content (AvgIpc) is 2.45. The molecule has 0 amide bonds. The second-order valence-corrected chi connectivity index (χ2v) is 4.64. The molecule has 2 aromatic rings. The van der Waals surface area contributed by atoms with Crippen LogP contribution >= 0.6 is 11.6 Å².